The van der Waals surface area contributed by atoms with E-state index in [0.717, 1.165) is 27.6 Å². The van der Waals surface area contributed by atoms with Crippen LogP contribution in [-0.4, -0.2) is 18.1 Å². The SMILES string of the molecule is COC(=O)c1cccc(Nc2nc(-c3cc(Cl)ccc3C)cs2)c1. The first kappa shape index (κ1) is 16.5. The Kier molecular flexibility index (Phi) is 4.83. The molecule has 6 heteroatoms. The van der Waals surface area contributed by atoms with Crippen LogP contribution in [0.1, 0.15) is 15.9 Å². The normalized spacial score (nSPS) is 10.5. The number of thiazole rings is 1. The molecule has 0 saturated carbocycles. The minimum absolute atomic E-state index is 0.368. The van der Waals surface area contributed by atoms with Gasteiger partial charge in [0.05, 0.1) is 18.4 Å². The van der Waals surface area contributed by atoms with Gasteiger partial charge < -0.3 is 10.1 Å². The highest BCUT2D eigenvalue weighted by atomic mass is 35.5. The molecule has 24 heavy (non-hydrogen) atoms. The predicted molar refractivity (Wildman–Crippen MR) is 98.4 cm³/mol. The lowest BCUT2D eigenvalue weighted by Crippen LogP contribution is -2.01. The van der Waals surface area contributed by atoms with Crippen LogP contribution < -0.4 is 5.32 Å². The van der Waals surface area contributed by atoms with Crippen molar-refractivity contribution < 1.29 is 9.53 Å². The van der Waals surface area contributed by atoms with E-state index in [-0.39, 0.29) is 5.97 Å². The topological polar surface area (TPSA) is 51.2 Å². The molecule has 0 fully saturated rings. The second-order valence-electron chi connectivity index (χ2n) is 5.19. The van der Waals surface area contributed by atoms with Gasteiger partial charge in [-0.05, 0) is 42.8 Å². The third-order valence-corrected chi connectivity index (χ3v) is 4.51. The van der Waals surface area contributed by atoms with Crippen molar-refractivity contribution in [2.75, 3.05) is 12.4 Å². The average molecular weight is 359 g/mol. The number of aromatic nitrogens is 1. The summed E-state index contributed by atoms with van der Waals surface area (Å²) in [7, 11) is 1.36. The molecule has 4 nitrogen and oxygen atoms in total. The highest BCUT2D eigenvalue weighted by Crippen LogP contribution is 2.31. The molecule has 0 saturated heterocycles. The summed E-state index contributed by atoms with van der Waals surface area (Å²) < 4.78 is 4.74. The molecule has 0 spiro atoms. The summed E-state index contributed by atoms with van der Waals surface area (Å²) in [5, 5.41) is 6.62. The Morgan fingerprint density at radius 3 is 2.88 bits per heavy atom. The molecule has 3 aromatic rings. The number of ether oxygens (including phenoxy) is 1. The first-order valence-electron chi connectivity index (χ1n) is 7.24. The van der Waals surface area contributed by atoms with Gasteiger partial charge in [0, 0.05) is 21.7 Å². The lowest BCUT2D eigenvalue weighted by atomic mass is 10.1. The molecule has 1 N–H and O–H groups in total. The number of esters is 1. The summed E-state index contributed by atoms with van der Waals surface area (Å²) in [6.07, 6.45) is 0. The summed E-state index contributed by atoms with van der Waals surface area (Å²) in [6, 6.07) is 12.9. The maximum absolute atomic E-state index is 11.6. The third-order valence-electron chi connectivity index (χ3n) is 3.51. The Morgan fingerprint density at radius 2 is 2.08 bits per heavy atom. The number of carbonyl (C=O) groups excluding carboxylic acids is 1. The maximum Gasteiger partial charge on any atom is 0.337 e. The van der Waals surface area contributed by atoms with E-state index in [9.17, 15) is 4.79 Å². The minimum Gasteiger partial charge on any atom is -0.465 e. The second kappa shape index (κ2) is 7.03. The molecule has 0 atom stereocenters. The van der Waals surface area contributed by atoms with Crippen LogP contribution in [0.2, 0.25) is 5.02 Å². The average Bonchev–Trinajstić information content (AvgIpc) is 3.04. The fraction of sp³-hybridized carbons (Fsp3) is 0.111. The molecular formula is C18H15ClN2O2S. The molecule has 122 valence electrons. The van der Waals surface area contributed by atoms with Crippen LogP contribution in [0.25, 0.3) is 11.3 Å². The van der Waals surface area contributed by atoms with Gasteiger partial charge in [-0.15, -0.1) is 11.3 Å². The number of halogens is 1. The number of nitrogens with zero attached hydrogens (tertiary/aromatic N) is 1. The Balaban J connectivity index is 1.84. The van der Waals surface area contributed by atoms with Crippen LogP contribution in [0.4, 0.5) is 10.8 Å². The zero-order chi connectivity index (χ0) is 17.1. The van der Waals surface area contributed by atoms with Crippen molar-refractivity contribution >= 4 is 39.7 Å². The van der Waals surface area contributed by atoms with Crippen LogP contribution >= 0.6 is 22.9 Å². The molecule has 0 aliphatic carbocycles. The number of carbonyl (C=O) groups is 1. The lowest BCUT2D eigenvalue weighted by molar-refractivity contribution is 0.0601. The molecule has 1 heterocycles. The molecule has 3 rings (SSSR count). The first-order chi connectivity index (χ1) is 11.6. The lowest BCUT2D eigenvalue weighted by Gasteiger charge is -2.05. The Hall–Kier alpha value is -2.37. The van der Waals surface area contributed by atoms with E-state index in [1.807, 2.05) is 36.6 Å². The summed E-state index contributed by atoms with van der Waals surface area (Å²) in [5.74, 6) is -0.368. The van der Waals surface area contributed by atoms with E-state index in [2.05, 4.69) is 10.3 Å². The van der Waals surface area contributed by atoms with Gasteiger partial charge in [-0.3, -0.25) is 0 Å². The van der Waals surface area contributed by atoms with Crippen LogP contribution in [0.3, 0.4) is 0 Å². The van der Waals surface area contributed by atoms with Gasteiger partial charge in [-0.2, -0.15) is 0 Å². The number of aryl methyl sites for hydroxylation is 1. The molecule has 0 unspecified atom stereocenters. The molecule has 0 amide bonds. The van der Waals surface area contributed by atoms with E-state index >= 15 is 0 Å². The van der Waals surface area contributed by atoms with E-state index in [1.54, 1.807) is 18.2 Å². The molecule has 1 aromatic heterocycles. The summed E-state index contributed by atoms with van der Waals surface area (Å²) in [6.45, 7) is 2.03. The van der Waals surface area contributed by atoms with Gasteiger partial charge in [0.2, 0.25) is 0 Å². The van der Waals surface area contributed by atoms with Gasteiger partial charge in [0.25, 0.3) is 0 Å². The molecular weight excluding hydrogens is 344 g/mol. The summed E-state index contributed by atoms with van der Waals surface area (Å²) in [4.78, 5) is 16.2. The first-order valence-corrected chi connectivity index (χ1v) is 8.50. The monoisotopic (exact) mass is 358 g/mol. The van der Waals surface area contributed by atoms with Gasteiger partial charge in [0.1, 0.15) is 0 Å². The van der Waals surface area contributed by atoms with Crippen molar-refractivity contribution in [1.82, 2.24) is 4.98 Å². The number of hydrogen-bond donors (Lipinski definition) is 1. The number of hydrogen-bond acceptors (Lipinski definition) is 5. The Morgan fingerprint density at radius 1 is 1.25 bits per heavy atom. The highest BCUT2D eigenvalue weighted by molar-refractivity contribution is 7.14. The number of methoxy groups -OCH3 is 1. The fourth-order valence-corrected chi connectivity index (χ4v) is 3.19. The number of rotatable bonds is 4. The molecule has 0 radical (unpaired) electrons. The smallest absolute Gasteiger partial charge is 0.337 e. The van der Waals surface area contributed by atoms with Crippen molar-refractivity contribution in [3.05, 3.63) is 64.0 Å². The zero-order valence-corrected chi connectivity index (χ0v) is 14.7. The molecule has 2 aromatic carbocycles. The van der Waals surface area contributed by atoms with Gasteiger partial charge in [0.15, 0.2) is 5.13 Å². The summed E-state index contributed by atoms with van der Waals surface area (Å²) in [5.41, 5.74) is 4.26. The van der Waals surface area contributed by atoms with Crippen molar-refractivity contribution in [3.8, 4) is 11.3 Å². The van der Waals surface area contributed by atoms with Gasteiger partial charge in [-0.1, -0.05) is 23.7 Å². The van der Waals surface area contributed by atoms with Crippen LogP contribution in [0.15, 0.2) is 47.8 Å². The number of benzene rings is 2. The third kappa shape index (κ3) is 3.58. The molecule has 0 aliphatic heterocycles. The van der Waals surface area contributed by atoms with E-state index < -0.39 is 0 Å². The molecule has 0 aliphatic rings. The quantitative estimate of drug-likeness (QED) is 0.643. The predicted octanol–water partition coefficient (Wildman–Crippen LogP) is 5.30. The second-order valence-corrected chi connectivity index (χ2v) is 6.49. The minimum atomic E-state index is -0.368. The zero-order valence-electron chi connectivity index (χ0n) is 13.2. The Bertz CT molecular complexity index is 892. The van der Waals surface area contributed by atoms with Crippen molar-refractivity contribution in [2.24, 2.45) is 0 Å². The number of anilines is 2. The highest BCUT2D eigenvalue weighted by Gasteiger charge is 2.10. The molecule has 0 bridgehead atoms. The summed E-state index contributed by atoms with van der Waals surface area (Å²) >= 11 is 7.57. The van der Waals surface area contributed by atoms with Gasteiger partial charge in [-0.25, -0.2) is 9.78 Å². The van der Waals surface area contributed by atoms with Crippen molar-refractivity contribution in [1.29, 1.82) is 0 Å². The van der Waals surface area contributed by atoms with E-state index in [0.29, 0.717) is 10.6 Å². The standard InChI is InChI=1S/C18H15ClN2O2S/c1-11-6-7-13(19)9-15(11)16-10-24-18(21-16)20-14-5-3-4-12(8-14)17(22)23-2/h3-10H,1-2H3,(H,20,21). The largest absolute Gasteiger partial charge is 0.465 e. The number of nitrogens with one attached hydrogen (secondary N) is 1. The van der Waals surface area contributed by atoms with Crippen LogP contribution in [0, 0.1) is 6.92 Å². The van der Waals surface area contributed by atoms with Gasteiger partial charge >= 0.3 is 5.97 Å². The van der Waals surface area contributed by atoms with Crippen LogP contribution in [-0.2, 0) is 4.74 Å². The van der Waals surface area contributed by atoms with E-state index in [1.165, 1.54) is 18.4 Å². The Labute approximate surface area is 149 Å². The van der Waals surface area contributed by atoms with Crippen molar-refractivity contribution in [3.63, 3.8) is 0 Å². The fourth-order valence-electron chi connectivity index (χ4n) is 2.29. The van der Waals surface area contributed by atoms with Crippen molar-refractivity contribution in [2.45, 2.75) is 6.92 Å². The van der Waals surface area contributed by atoms with Crippen LogP contribution in [0.5, 0.6) is 0 Å². The maximum atomic E-state index is 11.6. The van der Waals surface area contributed by atoms with E-state index in [4.69, 9.17) is 16.3 Å².